The number of halogens is 2. The number of unbranched alkanes of at least 4 members (excludes halogenated alkanes) is 2. The Hall–Kier alpha value is -1.78. The molecule has 0 bridgehead atoms. The highest BCUT2D eigenvalue weighted by atomic mass is 19.1. The van der Waals surface area contributed by atoms with Crippen molar-refractivity contribution >= 4 is 0 Å². The lowest BCUT2D eigenvalue weighted by Gasteiger charge is -2.34. The summed E-state index contributed by atoms with van der Waals surface area (Å²) in [6.45, 7) is 10.6. The van der Waals surface area contributed by atoms with Crippen LogP contribution in [-0.4, -0.2) is 27.4 Å². The summed E-state index contributed by atoms with van der Waals surface area (Å²) in [6.07, 6.45) is 14.7. The van der Waals surface area contributed by atoms with E-state index in [1.54, 1.807) is 14.2 Å². The molecule has 0 aliphatic heterocycles. The van der Waals surface area contributed by atoms with Gasteiger partial charge in [0.2, 0.25) is 0 Å². The lowest BCUT2D eigenvalue weighted by Crippen LogP contribution is -2.24. The van der Waals surface area contributed by atoms with Gasteiger partial charge in [-0.3, -0.25) is 0 Å². The highest BCUT2D eigenvalue weighted by molar-refractivity contribution is 5.67. The molecule has 0 spiro atoms. The van der Waals surface area contributed by atoms with Crippen LogP contribution in [0.1, 0.15) is 121 Å². The summed E-state index contributed by atoms with van der Waals surface area (Å²) in [5.74, 6) is 2.42. The van der Waals surface area contributed by atoms with Crippen molar-refractivity contribution in [1.82, 2.24) is 0 Å². The van der Waals surface area contributed by atoms with Crippen LogP contribution in [0.15, 0.2) is 30.3 Å². The SMILES string of the molecule is CCCCCc1cc(F)c(-c2ccc(C(CC)CCC(C)C3CCC(CC(COC)COC)CC3)c(CC)c2)c(F)c1. The van der Waals surface area contributed by atoms with E-state index in [1.807, 2.05) is 12.1 Å². The zero-order valence-corrected chi connectivity index (χ0v) is 27.5. The summed E-state index contributed by atoms with van der Waals surface area (Å²) in [4.78, 5) is 0. The molecule has 3 rings (SSSR count). The predicted molar refractivity (Wildman–Crippen MR) is 173 cm³/mol. The molecule has 236 valence electrons. The Morgan fingerprint density at radius 2 is 1.52 bits per heavy atom. The Kier molecular flexibility index (Phi) is 15.0. The van der Waals surface area contributed by atoms with E-state index in [-0.39, 0.29) is 5.56 Å². The van der Waals surface area contributed by atoms with Gasteiger partial charge in [-0.2, -0.15) is 0 Å². The Labute approximate surface area is 256 Å². The topological polar surface area (TPSA) is 18.5 Å². The fourth-order valence-corrected chi connectivity index (χ4v) is 7.49. The molecule has 0 amide bonds. The Morgan fingerprint density at radius 3 is 2.10 bits per heavy atom. The number of benzene rings is 2. The second-order valence-corrected chi connectivity index (χ2v) is 13.1. The molecule has 0 saturated heterocycles. The van der Waals surface area contributed by atoms with Gasteiger partial charge in [-0.05, 0) is 116 Å². The Morgan fingerprint density at radius 1 is 0.857 bits per heavy atom. The van der Waals surface area contributed by atoms with Crippen molar-refractivity contribution < 1.29 is 18.3 Å². The van der Waals surface area contributed by atoms with Crippen LogP contribution in [-0.2, 0) is 22.3 Å². The molecule has 1 aliphatic rings. The molecular weight excluding hydrogens is 526 g/mol. The van der Waals surface area contributed by atoms with Crippen LogP contribution >= 0.6 is 0 Å². The molecule has 0 N–H and O–H groups in total. The standard InChI is InChI=1S/C38H58F2O2/c1-7-10-11-12-29-22-36(39)38(37(40)23-29)34-19-20-35(32(9-3)24-34)31(8-2)16-13-27(4)33-17-14-28(15-18-33)21-30(25-41-5)26-42-6/h19-20,22-24,27-28,30-31,33H,7-18,21,25-26H2,1-6H3. The van der Waals surface area contributed by atoms with Crippen molar-refractivity contribution in [3.05, 3.63) is 58.7 Å². The van der Waals surface area contributed by atoms with Crippen LogP contribution in [0.25, 0.3) is 11.1 Å². The maximum atomic E-state index is 15.2. The van der Waals surface area contributed by atoms with Crippen molar-refractivity contribution in [3.8, 4) is 11.1 Å². The summed E-state index contributed by atoms with van der Waals surface area (Å²) in [5, 5.41) is 0. The van der Waals surface area contributed by atoms with Gasteiger partial charge in [0, 0.05) is 20.1 Å². The number of hydrogen-bond acceptors (Lipinski definition) is 2. The van der Waals surface area contributed by atoms with Crippen LogP contribution in [0.5, 0.6) is 0 Å². The second kappa shape index (κ2) is 18.1. The van der Waals surface area contributed by atoms with Gasteiger partial charge >= 0.3 is 0 Å². The van der Waals surface area contributed by atoms with Gasteiger partial charge in [0.1, 0.15) is 11.6 Å². The molecule has 2 aromatic rings. The van der Waals surface area contributed by atoms with Gasteiger partial charge in [0.25, 0.3) is 0 Å². The molecule has 2 atom stereocenters. The predicted octanol–water partition coefficient (Wildman–Crippen LogP) is 10.9. The van der Waals surface area contributed by atoms with Crippen LogP contribution in [0, 0.1) is 35.3 Å². The molecule has 42 heavy (non-hydrogen) atoms. The fourth-order valence-electron chi connectivity index (χ4n) is 7.49. The average molecular weight is 585 g/mol. The summed E-state index contributed by atoms with van der Waals surface area (Å²) < 4.78 is 41.2. The minimum absolute atomic E-state index is 0.114. The lowest BCUT2D eigenvalue weighted by atomic mass is 9.72. The third-order valence-corrected chi connectivity index (χ3v) is 10.1. The van der Waals surface area contributed by atoms with Crippen LogP contribution < -0.4 is 0 Å². The van der Waals surface area contributed by atoms with Crippen molar-refractivity contribution in [2.75, 3.05) is 27.4 Å². The van der Waals surface area contributed by atoms with E-state index in [9.17, 15) is 0 Å². The second-order valence-electron chi connectivity index (χ2n) is 13.1. The number of aryl methyl sites for hydroxylation is 2. The van der Waals surface area contributed by atoms with E-state index < -0.39 is 11.6 Å². The molecule has 0 radical (unpaired) electrons. The molecule has 0 aromatic heterocycles. The third kappa shape index (κ3) is 9.88. The monoisotopic (exact) mass is 584 g/mol. The van der Waals surface area contributed by atoms with Gasteiger partial charge in [-0.15, -0.1) is 0 Å². The molecule has 1 fully saturated rings. The maximum Gasteiger partial charge on any atom is 0.134 e. The first-order valence-electron chi connectivity index (χ1n) is 16.9. The smallest absolute Gasteiger partial charge is 0.134 e. The van der Waals surface area contributed by atoms with Gasteiger partial charge in [0.15, 0.2) is 0 Å². The van der Waals surface area contributed by atoms with Crippen LogP contribution in [0.2, 0.25) is 0 Å². The fraction of sp³-hybridized carbons (Fsp3) is 0.684. The average Bonchev–Trinajstić information content (AvgIpc) is 2.98. The van der Waals surface area contributed by atoms with Gasteiger partial charge < -0.3 is 9.47 Å². The van der Waals surface area contributed by atoms with Gasteiger partial charge in [0.05, 0.1) is 18.8 Å². The number of ether oxygens (including phenoxy) is 2. The van der Waals surface area contributed by atoms with Crippen molar-refractivity contribution in [1.29, 1.82) is 0 Å². The van der Waals surface area contributed by atoms with Crippen molar-refractivity contribution in [2.24, 2.45) is 23.7 Å². The highest BCUT2D eigenvalue weighted by Crippen LogP contribution is 2.40. The van der Waals surface area contributed by atoms with Crippen LogP contribution in [0.3, 0.4) is 0 Å². The molecular formula is C38H58F2O2. The Bertz CT molecular complexity index is 1030. The van der Waals surface area contributed by atoms with E-state index in [0.717, 1.165) is 75.1 Å². The van der Waals surface area contributed by atoms with E-state index in [2.05, 4.69) is 33.8 Å². The first-order valence-corrected chi connectivity index (χ1v) is 16.9. The number of hydrogen-bond donors (Lipinski definition) is 0. The third-order valence-electron chi connectivity index (χ3n) is 10.1. The number of methoxy groups -OCH3 is 2. The molecule has 2 unspecified atom stereocenters. The summed E-state index contributed by atoms with van der Waals surface area (Å²) >= 11 is 0. The zero-order valence-electron chi connectivity index (χ0n) is 27.5. The molecule has 1 saturated carbocycles. The maximum absolute atomic E-state index is 15.2. The first kappa shape index (κ1) is 34.7. The summed E-state index contributed by atoms with van der Waals surface area (Å²) in [7, 11) is 3.58. The van der Waals surface area contributed by atoms with Gasteiger partial charge in [-0.1, -0.05) is 71.6 Å². The molecule has 0 heterocycles. The lowest BCUT2D eigenvalue weighted by molar-refractivity contribution is 0.0634. The summed E-state index contributed by atoms with van der Waals surface area (Å²) in [5.41, 5.74) is 4.11. The summed E-state index contributed by atoms with van der Waals surface area (Å²) in [6, 6.07) is 9.22. The molecule has 2 nitrogen and oxygen atoms in total. The zero-order chi connectivity index (χ0) is 30.5. The molecule has 4 heteroatoms. The number of rotatable bonds is 18. The molecule has 1 aliphatic carbocycles. The highest BCUT2D eigenvalue weighted by Gasteiger charge is 2.28. The quantitative estimate of drug-likeness (QED) is 0.162. The minimum atomic E-state index is -0.445. The van der Waals surface area contributed by atoms with E-state index in [4.69, 9.17) is 9.47 Å². The van der Waals surface area contributed by atoms with E-state index in [0.29, 0.717) is 17.4 Å². The van der Waals surface area contributed by atoms with E-state index >= 15 is 8.78 Å². The first-order chi connectivity index (χ1) is 20.3. The molecule has 2 aromatic carbocycles. The van der Waals surface area contributed by atoms with Crippen LogP contribution in [0.4, 0.5) is 8.78 Å². The van der Waals surface area contributed by atoms with Gasteiger partial charge in [-0.25, -0.2) is 8.78 Å². The largest absolute Gasteiger partial charge is 0.384 e. The van der Waals surface area contributed by atoms with E-state index in [1.165, 1.54) is 68.2 Å². The van der Waals surface area contributed by atoms with Crippen molar-refractivity contribution in [3.63, 3.8) is 0 Å². The Balaban J connectivity index is 1.61. The normalized spacial score (nSPS) is 18.9. The minimum Gasteiger partial charge on any atom is -0.384 e. The van der Waals surface area contributed by atoms with Crippen molar-refractivity contribution in [2.45, 2.75) is 117 Å².